The second-order valence-electron chi connectivity index (χ2n) is 6.81. The number of epoxide rings is 1. The molecule has 1 fully saturated rings. The number of carboxylic acid groups (broad SMARTS) is 1. The lowest BCUT2D eigenvalue weighted by atomic mass is 10.0. The van der Waals surface area contributed by atoms with E-state index in [-0.39, 0.29) is 6.42 Å². The number of rotatable bonds is 16. The van der Waals surface area contributed by atoms with Gasteiger partial charge in [0, 0.05) is 6.42 Å². The molecule has 1 rings (SSSR count). The molecule has 1 saturated heterocycles. The molecule has 3 nitrogen and oxygen atoms in total. The quantitative estimate of drug-likeness (QED) is 0.219. The van der Waals surface area contributed by atoms with E-state index in [0.29, 0.717) is 12.2 Å². The van der Waals surface area contributed by atoms with Gasteiger partial charge in [0.05, 0.1) is 12.2 Å². The molecule has 1 aliphatic rings. The lowest BCUT2D eigenvalue weighted by Gasteiger charge is -1.99. The summed E-state index contributed by atoms with van der Waals surface area (Å²) in [7, 11) is 0. The number of carbonyl (C=O) groups is 1. The van der Waals surface area contributed by atoms with E-state index in [1.54, 1.807) is 0 Å². The van der Waals surface area contributed by atoms with Crippen LogP contribution >= 0.6 is 0 Å². The number of carboxylic acids is 1. The van der Waals surface area contributed by atoms with Crippen molar-refractivity contribution in [3.8, 4) is 0 Å². The number of ether oxygens (including phenoxy) is 1. The minimum atomic E-state index is -0.692. The third-order valence-electron chi connectivity index (χ3n) is 4.57. The van der Waals surface area contributed by atoms with Crippen LogP contribution in [0.4, 0.5) is 0 Å². The van der Waals surface area contributed by atoms with Crippen LogP contribution in [0.25, 0.3) is 0 Å². The summed E-state index contributed by atoms with van der Waals surface area (Å²) < 4.78 is 5.72. The standard InChI is InChI=1S/C20H36O3/c1-2-3-12-15-18-19(23-18)16-13-10-8-6-4-5-7-9-11-14-17-20(21)22/h7,9,18-19H,2-6,8,10-17H2,1H3,(H,21,22)/b9-7+/t18-,19+/m0/s1. The molecular weight excluding hydrogens is 288 g/mol. The monoisotopic (exact) mass is 324 g/mol. The van der Waals surface area contributed by atoms with Gasteiger partial charge in [-0.15, -0.1) is 0 Å². The molecule has 0 unspecified atom stereocenters. The van der Waals surface area contributed by atoms with Crippen molar-refractivity contribution in [2.45, 2.75) is 109 Å². The number of unbranched alkanes of at least 4 members (excludes halogenated alkanes) is 8. The molecule has 2 atom stereocenters. The van der Waals surface area contributed by atoms with Crippen molar-refractivity contribution in [3.05, 3.63) is 12.2 Å². The second kappa shape index (κ2) is 13.6. The number of allylic oxidation sites excluding steroid dienone is 2. The van der Waals surface area contributed by atoms with Crippen molar-refractivity contribution in [2.75, 3.05) is 0 Å². The molecule has 23 heavy (non-hydrogen) atoms. The van der Waals surface area contributed by atoms with Crippen LogP contribution in [0, 0.1) is 0 Å². The molecule has 1 aliphatic heterocycles. The number of aliphatic carboxylic acids is 1. The smallest absolute Gasteiger partial charge is 0.303 e. The Kier molecular flexibility index (Phi) is 11.9. The minimum absolute atomic E-state index is 0.286. The van der Waals surface area contributed by atoms with E-state index in [9.17, 15) is 4.79 Å². The maximum Gasteiger partial charge on any atom is 0.303 e. The zero-order valence-electron chi connectivity index (χ0n) is 15.0. The fourth-order valence-corrected chi connectivity index (χ4v) is 3.03. The molecule has 0 aromatic heterocycles. The predicted molar refractivity (Wildman–Crippen MR) is 95.7 cm³/mol. The summed E-state index contributed by atoms with van der Waals surface area (Å²) in [4.78, 5) is 10.4. The molecule has 1 N–H and O–H groups in total. The lowest BCUT2D eigenvalue weighted by molar-refractivity contribution is -0.137. The summed E-state index contributed by atoms with van der Waals surface area (Å²) in [5, 5.41) is 8.53. The molecule has 3 heteroatoms. The molecule has 0 radical (unpaired) electrons. The zero-order chi connectivity index (χ0) is 16.8. The summed E-state index contributed by atoms with van der Waals surface area (Å²) in [6.45, 7) is 2.25. The molecule has 0 aromatic rings. The molecule has 0 aliphatic carbocycles. The average Bonchev–Trinajstić information content (AvgIpc) is 3.27. The molecule has 0 amide bonds. The summed E-state index contributed by atoms with van der Waals surface area (Å²) >= 11 is 0. The Morgan fingerprint density at radius 3 is 2.09 bits per heavy atom. The van der Waals surface area contributed by atoms with E-state index in [2.05, 4.69) is 19.1 Å². The highest BCUT2D eigenvalue weighted by Gasteiger charge is 2.36. The van der Waals surface area contributed by atoms with Crippen molar-refractivity contribution >= 4 is 5.97 Å². The highest BCUT2D eigenvalue weighted by molar-refractivity contribution is 5.66. The third-order valence-corrected chi connectivity index (χ3v) is 4.57. The first kappa shape index (κ1) is 20.2. The van der Waals surface area contributed by atoms with Gasteiger partial charge in [0.2, 0.25) is 0 Å². The first-order chi connectivity index (χ1) is 11.2. The maximum atomic E-state index is 10.4. The molecule has 1 heterocycles. The second-order valence-corrected chi connectivity index (χ2v) is 6.81. The fraction of sp³-hybridized carbons (Fsp3) is 0.850. The van der Waals surface area contributed by atoms with Crippen LogP contribution in [0.5, 0.6) is 0 Å². The Bertz CT molecular complexity index is 325. The van der Waals surface area contributed by atoms with Gasteiger partial charge in [0.1, 0.15) is 0 Å². The van der Waals surface area contributed by atoms with Gasteiger partial charge in [0.15, 0.2) is 0 Å². The summed E-state index contributed by atoms with van der Waals surface area (Å²) in [5.74, 6) is -0.692. The zero-order valence-corrected chi connectivity index (χ0v) is 15.0. The van der Waals surface area contributed by atoms with Crippen LogP contribution in [0.3, 0.4) is 0 Å². The van der Waals surface area contributed by atoms with Gasteiger partial charge in [-0.05, 0) is 38.5 Å². The highest BCUT2D eigenvalue weighted by Crippen LogP contribution is 2.31. The van der Waals surface area contributed by atoms with Gasteiger partial charge < -0.3 is 9.84 Å². The molecular formula is C20H36O3. The van der Waals surface area contributed by atoms with Crippen LogP contribution in [0.15, 0.2) is 12.2 Å². The van der Waals surface area contributed by atoms with Crippen molar-refractivity contribution in [1.82, 2.24) is 0 Å². The Hall–Kier alpha value is -0.830. The first-order valence-electron chi connectivity index (χ1n) is 9.76. The van der Waals surface area contributed by atoms with Gasteiger partial charge in [-0.1, -0.05) is 64.0 Å². The van der Waals surface area contributed by atoms with Crippen molar-refractivity contribution in [3.63, 3.8) is 0 Å². The molecule has 0 bridgehead atoms. The number of hydrogen-bond acceptors (Lipinski definition) is 2. The van der Waals surface area contributed by atoms with Crippen LogP contribution in [-0.2, 0) is 9.53 Å². The largest absolute Gasteiger partial charge is 0.481 e. The molecule has 0 spiro atoms. The Morgan fingerprint density at radius 2 is 1.43 bits per heavy atom. The fourth-order valence-electron chi connectivity index (χ4n) is 3.03. The first-order valence-corrected chi connectivity index (χ1v) is 9.76. The van der Waals surface area contributed by atoms with Crippen LogP contribution in [-0.4, -0.2) is 23.3 Å². The van der Waals surface area contributed by atoms with Crippen LogP contribution in [0.1, 0.15) is 96.8 Å². The van der Waals surface area contributed by atoms with Gasteiger partial charge >= 0.3 is 5.97 Å². The normalized spacial score (nSPS) is 20.2. The third kappa shape index (κ3) is 12.3. The van der Waals surface area contributed by atoms with E-state index in [1.165, 1.54) is 64.2 Å². The Morgan fingerprint density at radius 1 is 0.870 bits per heavy atom. The van der Waals surface area contributed by atoms with Crippen molar-refractivity contribution in [1.29, 1.82) is 0 Å². The SMILES string of the molecule is CCCCC[C@@H]1O[C@@H]1CCCCCCC/C=C/CCCC(=O)O. The van der Waals surface area contributed by atoms with E-state index in [1.807, 2.05) is 0 Å². The van der Waals surface area contributed by atoms with Gasteiger partial charge in [-0.2, -0.15) is 0 Å². The predicted octanol–water partition coefficient (Wildman–Crippen LogP) is 5.88. The van der Waals surface area contributed by atoms with Crippen molar-refractivity contribution in [2.24, 2.45) is 0 Å². The van der Waals surface area contributed by atoms with E-state index in [4.69, 9.17) is 9.84 Å². The lowest BCUT2D eigenvalue weighted by Crippen LogP contribution is -1.94. The van der Waals surface area contributed by atoms with Crippen LogP contribution in [0.2, 0.25) is 0 Å². The summed E-state index contributed by atoms with van der Waals surface area (Å²) in [6, 6.07) is 0. The summed E-state index contributed by atoms with van der Waals surface area (Å²) in [5.41, 5.74) is 0. The number of hydrogen-bond donors (Lipinski definition) is 1. The van der Waals surface area contributed by atoms with Crippen LogP contribution < -0.4 is 0 Å². The van der Waals surface area contributed by atoms with Crippen molar-refractivity contribution < 1.29 is 14.6 Å². The molecule has 0 aromatic carbocycles. The topological polar surface area (TPSA) is 49.8 Å². The van der Waals surface area contributed by atoms with Gasteiger partial charge in [-0.25, -0.2) is 0 Å². The Labute approximate surface area is 142 Å². The average molecular weight is 325 g/mol. The van der Waals surface area contributed by atoms with E-state index in [0.717, 1.165) is 19.3 Å². The minimum Gasteiger partial charge on any atom is -0.481 e. The van der Waals surface area contributed by atoms with Gasteiger partial charge in [0.25, 0.3) is 0 Å². The Balaban J connectivity index is 1.75. The highest BCUT2D eigenvalue weighted by atomic mass is 16.6. The van der Waals surface area contributed by atoms with E-state index >= 15 is 0 Å². The molecule has 134 valence electrons. The van der Waals surface area contributed by atoms with Gasteiger partial charge in [-0.3, -0.25) is 4.79 Å². The van der Waals surface area contributed by atoms with E-state index < -0.39 is 5.97 Å². The molecule has 0 saturated carbocycles. The maximum absolute atomic E-state index is 10.4. The summed E-state index contributed by atoms with van der Waals surface area (Å²) in [6.07, 6.45) is 21.7.